The summed E-state index contributed by atoms with van der Waals surface area (Å²) in [4.78, 5) is 40.0. The number of thioether (sulfide) groups is 1. The molecule has 4 aromatic carbocycles. The van der Waals surface area contributed by atoms with Gasteiger partial charge in [0.1, 0.15) is 5.70 Å². The molecule has 0 aliphatic rings. The SMILES string of the molecule is COc1cc(/C=C(\NC(=O)c2ccccc2)C(=O)Nc2ccc(SC(C)C(=O)Nc3cc(C(F)(F)F)ccc3Cl)cc2)cc(OC)c1OC. The van der Waals surface area contributed by atoms with E-state index in [0.29, 0.717) is 39.0 Å². The van der Waals surface area contributed by atoms with Crippen molar-refractivity contribution >= 4 is 58.5 Å². The van der Waals surface area contributed by atoms with Crippen molar-refractivity contribution in [1.82, 2.24) is 5.32 Å². The molecule has 1 unspecified atom stereocenters. The van der Waals surface area contributed by atoms with E-state index in [4.69, 9.17) is 25.8 Å². The lowest BCUT2D eigenvalue weighted by Crippen LogP contribution is -2.30. The smallest absolute Gasteiger partial charge is 0.416 e. The van der Waals surface area contributed by atoms with Crippen molar-refractivity contribution in [3.05, 3.63) is 112 Å². The van der Waals surface area contributed by atoms with Gasteiger partial charge in [0.05, 0.1) is 42.9 Å². The Morgan fingerprint density at radius 1 is 0.837 bits per heavy atom. The van der Waals surface area contributed by atoms with Crippen LogP contribution in [-0.4, -0.2) is 44.3 Å². The van der Waals surface area contributed by atoms with Crippen molar-refractivity contribution < 1.29 is 41.8 Å². The number of halogens is 4. The van der Waals surface area contributed by atoms with Crippen LogP contribution in [0.4, 0.5) is 24.5 Å². The second kappa shape index (κ2) is 16.3. The van der Waals surface area contributed by atoms with E-state index in [2.05, 4.69) is 16.0 Å². The summed E-state index contributed by atoms with van der Waals surface area (Å²) in [5, 5.41) is 7.12. The Bertz CT molecular complexity index is 1830. The van der Waals surface area contributed by atoms with E-state index in [9.17, 15) is 27.6 Å². The maximum Gasteiger partial charge on any atom is 0.416 e. The number of hydrogen-bond donors (Lipinski definition) is 3. The number of carbonyl (C=O) groups excluding carboxylic acids is 3. The van der Waals surface area contributed by atoms with E-state index in [1.165, 1.54) is 27.4 Å². The van der Waals surface area contributed by atoms with Gasteiger partial charge in [-0.2, -0.15) is 13.2 Å². The number of hydrogen-bond acceptors (Lipinski definition) is 7. The number of rotatable bonds is 12. The van der Waals surface area contributed by atoms with Gasteiger partial charge in [-0.3, -0.25) is 14.4 Å². The molecule has 0 radical (unpaired) electrons. The van der Waals surface area contributed by atoms with E-state index in [-0.39, 0.29) is 16.4 Å². The molecule has 0 heterocycles. The largest absolute Gasteiger partial charge is 0.493 e. The highest BCUT2D eigenvalue weighted by molar-refractivity contribution is 8.00. The predicted octanol–water partition coefficient (Wildman–Crippen LogP) is 7.91. The molecule has 14 heteroatoms. The van der Waals surface area contributed by atoms with Gasteiger partial charge in [-0.25, -0.2) is 0 Å². The molecular weight excluding hydrogens is 683 g/mol. The summed E-state index contributed by atoms with van der Waals surface area (Å²) >= 11 is 7.16. The molecule has 4 aromatic rings. The maximum absolute atomic E-state index is 13.5. The van der Waals surface area contributed by atoms with Gasteiger partial charge in [0, 0.05) is 16.1 Å². The van der Waals surface area contributed by atoms with Crippen molar-refractivity contribution in [2.45, 2.75) is 23.2 Å². The fourth-order valence-electron chi connectivity index (χ4n) is 4.40. The molecular formula is C35H31ClF3N3O6S. The normalized spacial score (nSPS) is 12.0. The highest BCUT2D eigenvalue weighted by Gasteiger charge is 2.31. The number of carbonyl (C=O) groups is 3. The molecule has 4 rings (SSSR count). The van der Waals surface area contributed by atoms with Gasteiger partial charge in [0.25, 0.3) is 11.8 Å². The van der Waals surface area contributed by atoms with E-state index in [1.807, 2.05) is 0 Å². The molecule has 0 bridgehead atoms. The Morgan fingerprint density at radius 3 is 2.04 bits per heavy atom. The van der Waals surface area contributed by atoms with Crippen LogP contribution in [0, 0.1) is 0 Å². The van der Waals surface area contributed by atoms with Crippen molar-refractivity contribution in [2.24, 2.45) is 0 Å². The number of methoxy groups -OCH3 is 3. The highest BCUT2D eigenvalue weighted by atomic mass is 35.5. The van der Waals surface area contributed by atoms with Gasteiger partial charge < -0.3 is 30.2 Å². The molecule has 0 aromatic heterocycles. The summed E-state index contributed by atoms with van der Waals surface area (Å²) in [6, 6.07) is 20.8. The molecule has 0 aliphatic heterocycles. The average Bonchev–Trinajstić information content (AvgIpc) is 3.08. The zero-order valence-corrected chi connectivity index (χ0v) is 28.2. The Morgan fingerprint density at radius 2 is 1.47 bits per heavy atom. The van der Waals surface area contributed by atoms with Gasteiger partial charge >= 0.3 is 6.18 Å². The van der Waals surface area contributed by atoms with Crippen LogP contribution in [0.15, 0.2) is 95.5 Å². The predicted molar refractivity (Wildman–Crippen MR) is 183 cm³/mol. The van der Waals surface area contributed by atoms with Crippen molar-refractivity contribution in [1.29, 1.82) is 0 Å². The highest BCUT2D eigenvalue weighted by Crippen LogP contribution is 2.39. The molecule has 0 fully saturated rings. The number of anilines is 2. The van der Waals surface area contributed by atoms with E-state index in [1.54, 1.807) is 73.7 Å². The topological polar surface area (TPSA) is 115 Å². The van der Waals surface area contributed by atoms with Crippen LogP contribution < -0.4 is 30.2 Å². The minimum Gasteiger partial charge on any atom is -0.493 e. The lowest BCUT2D eigenvalue weighted by atomic mass is 10.1. The zero-order valence-electron chi connectivity index (χ0n) is 26.6. The molecule has 3 N–H and O–H groups in total. The Kier molecular flexibility index (Phi) is 12.2. The standard InChI is InChI=1S/C35H31ClF3N3O6S/c1-20(32(43)41-27-19-23(35(37,38)39)10-15-26(27)36)49-25-13-11-24(12-14-25)40-34(45)28(42-33(44)22-8-6-5-7-9-22)16-21-17-29(46-2)31(48-4)30(18-21)47-3/h5-20H,1-4H3,(H,40,45)(H,41,43)(H,42,44)/b28-16-. The summed E-state index contributed by atoms with van der Waals surface area (Å²) in [5.41, 5.74) is 0.0134. The van der Waals surface area contributed by atoms with Crippen LogP contribution >= 0.6 is 23.4 Å². The van der Waals surface area contributed by atoms with Gasteiger partial charge in [0.2, 0.25) is 11.7 Å². The summed E-state index contributed by atoms with van der Waals surface area (Å²) in [5.74, 6) is -0.665. The zero-order chi connectivity index (χ0) is 35.7. The maximum atomic E-state index is 13.5. The molecule has 0 aliphatic carbocycles. The number of ether oxygens (including phenoxy) is 3. The van der Waals surface area contributed by atoms with Crippen LogP contribution in [0.5, 0.6) is 17.2 Å². The van der Waals surface area contributed by atoms with E-state index < -0.39 is 34.7 Å². The van der Waals surface area contributed by atoms with Crippen LogP contribution in [0.1, 0.15) is 28.4 Å². The van der Waals surface area contributed by atoms with Gasteiger partial charge in [-0.05, 0) is 85.3 Å². The lowest BCUT2D eigenvalue weighted by molar-refractivity contribution is -0.137. The second-order valence-electron chi connectivity index (χ2n) is 10.3. The minimum absolute atomic E-state index is 0.0303. The Labute approximate surface area is 289 Å². The summed E-state index contributed by atoms with van der Waals surface area (Å²) in [6.07, 6.45) is -3.13. The van der Waals surface area contributed by atoms with E-state index >= 15 is 0 Å². The molecule has 1 atom stereocenters. The third-order valence-corrected chi connectivity index (χ3v) is 8.31. The molecule has 256 valence electrons. The van der Waals surface area contributed by atoms with Crippen molar-refractivity contribution in [2.75, 3.05) is 32.0 Å². The molecule has 0 saturated carbocycles. The number of alkyl halides is 3. The quantitative estimate of drug-likeness (QED) is 0.101. The monoisotopic (exact) mass is 713 g/mol. The number of amides is 3. The second-order valence-corrected chi connectivity index (χ2v) is 12.1. The Hall–Kier alpha value is -5.14. The molecule has 0 spiro atoms. The number of nitrogens with one attached hydrogen (secondary N) is 3. The average molecular weight is 714 g/mol. The third kappa shape index (κ3) is 9.71. The molecule has 49 heavy (non-hydrogen) atoms. The first-order chi connectivity index (χ1) is 23.3. The Balaban J connectivity index is 1.51. The van der Waals surface area contributed by atoms with Crippen LogP contribution in [0.25, 0.3) is 6.08 Å². The van der Waals surface area contributed by atoms with Crippen LogP contribution in [0.2, 0.25) is 5.02 Å². The van der Waals surface area contributed by atoms with Crippen molar-refractivity contribution in [3.63, 3.8) is 0 Å². The minimum atomic E-state index is -4.59. The first-order valence-electron chi connectivity index (χ1n) is 14.5. The summed E-state index contributed by atoms with van der Waals surface area (Å²) in [7, 11) is 4.37. The third-order valence-electron chi connectivity index (χ3n) is 6.87. The molecule has 3 amide bonds. The summed E-state index contributed by atoms with van der Waals surface area (Å²) < 4.78 is 55.6. The van der Waals surface area contributed by atoms with Crippen LogP contribution in [-0.2, 0) is 15.8 Å². The molecule has 9 nitrogen and oxygen atoms in total. The number of benzene rings is 4. The van der Waals surface area contributed by atoms with Crippen molar-refractivity contribution in [3.8, 4) is 17.2 Å². The van der Waals surface area contributed by atoms with Gasteiger partial charge in [0.15, 0.2) is 11.5 Å². The molecule has 0 saturated heterocycles. The fraction of sp³-hybridized carbons (Fsp3) is 0.171. The van der Waals surface area contributed by atoms with Gasteiger partial charge in [-0.1, -0.05) is 29.8 Å². The first kappa shape index (κ1) is 36.7. The fourth-order valence-corrected chi connectivity index (χ4v) is 5.43. The van der Waals surface area contributed by atoms with Gasteiger partial charge in [-0.15, -0.1) is 11.8 Å². The first-order valence-corrected chi connectivity index (χ1v) is 15.7. The van der Waals surface area contributed by atoms with Crippen LogP contribution in [0.3, 0.4) is 0 Å². The summed E-state index contributed by atoms with van der Waals surface area (Å²) in [6.45, 7) is 1.59. The van der Waals surface area contributed by atoms with E-state index in [0.717, 1.165) is 30.0 Å². The lowest BCUT2D eigenvalue weighted by Gasteiger charge is -2.15.